The Kier molecular flexibility index (Phi) is 5.48. The van der Waals surface area contributed by atoms with Gasteiger partial charge in [-0.15, -0.1) is 0 Å². The highest BCUT2D eigenvalue weighted by Crippen LogP contribution is 2.43. The minimum absolute atomic E-state index is 0.176. The summed E-state index contributed by atoms with van der Waals surface area (Å²) in [6, 6.07) is 12.7. The van der Waals surface area contributed by atoms with Crippen LogP contribution >= 0.6 is 0 Å². The number of aromatic nitrogens is 2. The second-order valence-electron chi connectivity index (χ2n) is 8.89. The van der Waals surface area contributed by atoms with Crippen LogP contribution in [-0.4, -0.2) is 46.7 Å². The summed E-state index contributed by atoms with van der Waals surface area (Å²) < 4.78 is 21.3. The van der Waals surface area contributed by atoms with Crippen LogP contribution in [0, 0.1) is 11.7 Å². The first-order valence-corrected chi connectivity index (χ1v) is 11.2. The van der Waals surface area contributed by atoms with E-state index >= 15 is 0 Å². The van der Waals surface area contributed by atoms with E-state index < -0.39 is 5.41 Å². The normalized spacial score (nSPS) is 21.3. The van der Waals surface area contributed by atoms with Crippen molar-refractivity contribution < 1.29 is 13.9 Å². The number of rotatable bonds is 4. The first-order chi connectivity index (χ1) is 15.2. The molecule has 2 aliphatic rings. The quantitative estimate of drug-likeness (QED) is 0.640. The van der Waals surface area contributed by atoms with E-state index in [0.29, 0.717) is 26.3 Å². The Hall–Kier alpha value is -2.73. The molecular weight excluding hydrogens is 393 g/mol. The van der Waals surface area contributed by atoms with Gasteiger partial charge in [0.1, 0.15) is 5.82 Å². The predicted molar refractivity (Wildman–Crippen MR) is 116 cm³/mol. The molecule has 0 bridgehead atoms. The molecule has 6 heteroatoms. The third-order valence-corrected chi connectivity index (χ3v) is 6.92. The molecule has 1 aliphatic heterocycles. The van der Waals surface area contributed by atoms with E-state index in [4.69, 9.17) is 4.74 Å². The number of fused-ring (bicyclic) bond motifs is 1. The number of ether oxygens (including phenoxy) is 1. The Bertz CT molecular complexity index is 1060. The van der Waals surface area contributed by atoms with Gasteiger partial charge in [-0.05, 0) is 54.7 Å². The third kappa shape index (κ3) is 3.85. The average molecular weight is 422 g/mol. The fourth-order valence-corrected chi connectivity index (χ4v) is 5.36. The standard InChI is InChI=1S/C25H28FN3O2/c26-22-7-5-21(6-8-22)25(10-1-2-11-25)24(30)28-14-15-31-18-19(17-28)16-20-4-3-13-29-23(20)9-12-27-29/h3-9,12-13,19H,1-2,10-11,14-18H2. The first kappa shape index (κ1) is 20.2. The van der Waals surface area contributed by atoms with Crippen LogP contribution in [0.2, 0.25) is 0 Å². The zero-order chi connectivity index (χ0) is 21.3. The van der Waals surface area contributed by atoms with Gasteiger partial charge in [0.05, 0.1) is 24.1 Å². The lowest BCUT2D eigenvalue weighted by Gasteiger charge is -2.35. The first-order valence-electron chi connectivity index (χ1n) is 11.2. The van der Waals surface area contributed by atoms with Crippen LogP contribution in [0.25, 0.3) is 5.52 Å². The molecule has 2 aromatic heterocycles. The average Bonchev–Trinajstić information content (AvgIpc) is 3.41. The summed E-state index contributed by atoms with van der Waals surface area (Å²) in [5, 5.41) is 4.33. The van der Waals surface area contributed by atoms with E-state index in [1.165, 1.54) is 17.7 Å². The summed E-state index contributed by atoms with van der Waals surface area (Å²) in [6.07, 6.45) is 8.31. The highest BCUT2D eigenvalue weighted by molar-refractivity contribution is 5.88. The number of benzene rings is 1. The largest absolute Gasteiger partial charge is 0.379 e. The van der Waals surface area contributed by atoms with E-state index in [2.05, 4.69) is 11.2 Å². The molecule has 0 radical (unpaired) electrons. The predicted octanol–water partition coefficient (Wildman–Crippen LogP) is 4.00. The summed E-state index contributed by atoms with van der Waals surface area (Å²) in [5.74, 6) is 0.135. The number of carbonyl (C=O) groups is 1. The van der Waals surface area contributed by atoms with Crippen LogP contribution in [0.3, 0.4) is 0 Å². The molecule has 31 heavy (non-hydrogen) atoms. The van der Waals surface area contributed by atoms with Crippen molar-refractivity contribution in [3.05, 3.63) is 71.8 Å². The number of carbonyl (C=O) groups excluding carboxylic acids is 1. The van der Waals surface area contributed by atoms with Gasteiger partial charge < -0.3 is 9.64 Å². The highest BCUT2D eigenvalue weighted by Gasteiger charge is 2.45. The van der Waals surface area contributed by atoms with E-state index in [0.717, 1.165) is 43.2 Å². The Balaban J connectivity index is 1.39. The van der Waals surface area contributed by atoms with Crippen molar-refractivity contribution in [2.75, 3.05) is 26.3 Å². The summed E-state index contributed by atoms with van der Waals surface area (Å²) in [4.78, 5) is 15.9. The molecule has 5 nitrogen and oxygen atoms in total. The molecular formula is C25H28FN3O2. The van der Waals surface area contributed by atoms with Crippen LogP contribution in [-0.2, 0) is 21.4 Å². The van der Waals surface area contributed by atoms with Gasteiger partial charge in [0.25, 0.3) is 0 Å². The fourth-order valence-electron chi connectivity index (χ4n) is 5.36. The third-order valence-electron chi connectivity index (χ3n) is 6.92. The van der Waals surface area contributed by atoms with Crippen molar-refractivity contribution >= 4 is 11.4 Å². The van der Waals surface area contributed by atoms with Crippen molar-refractivity contribution in [3.63, 3.8) is 0 Å². The molecule has 5 rings (SSSR count). The second kappa shape index (κ2) is 8.42. The van der Waals surface area contributed by atoms with Crippen LogP contribution in [0.4, 0.5) is 4.39 Å². The number of hydrogen-bond acceptors (Lipinski definition) is 3. The van der Waals surface area contributed by atoms with Crippen LogP contribution in [0.5, 0.6) is 0 Å². The minimum Gasteiger partial charge on any atom is -0.379 e. The molecule has 1 atom stereocenters. The lowest BCUT2D eigenvalue weighted by molar-refractivity contribution is -0.137. The van der Waals surface area contributed by atoms with Gasteiger partial charge in [-0.2, -0.15) is 5.10 Å². The number of hydrogen-bond donors (Lipinski definition) is 0. The SMILES string of the molecule is O=C(N1CCOCC(Cc2cccn3nccc23)C1)C1(c2ccc(F)cc2)CCCC1. The van der Waals surface area contributed by atoms with Gasteiger partial charge in [0.2, 0.25) is 5.91 Å². The van der Waals surface area contributed by atoms with Gasteiger partial charge in [0, 0.05) is 31.4 Å². The van der Waals surface area contributed by atoms with Crippen molar-refractivity contribution in [2.45, 2.75) is 37.5 Å². The van der Waals surface area contributed by atoms with E-state index in [1.807, 2.05) is 33.9 Å². The molecule has 0 N–H and O–H groups in total. The molecule has 2 fully saturated rings. The van der Waals surface area contributed by atoms with Gasteiger partial charge in [-0.3, -0.25) is 4.79 Å². The number of nitrogens with zero attached hydrogens (tertiary/aromatic N) is 3. The van der Waals surface area contributed by atoms with E-state index in [9.17, 15) is 9.18 Å². The molecule has 1 saturated carbocycles. The maximum absolute atomic E-state index is 13.9. The van der Waals surface area contributed by atoms with Gasteiger partial charge in [-0.1, -0.05) is 31.0 Å². The molecule has 0 spiro atoms. The van der Waals surface area contributed by atoms with Gasteiger partial charge in [-0.25, -0.2) is 8.91 Å². The van der Waals surface area contributed by atoms with Crippen molar-refractivity contribution in [1.29, 1.82) is 0 Å². The Labute approximate surface area is 181 Å². The zero-order valence-electron chi connectivity index (χ0n) is 17.7. The van der Waals surface area contributed by atoms with Crippen molar-refractivity contribution in [2.24, 2.45) is 5.92 Å². The van der Waals surface area contributed by atoms with Crippen molar-refractivity contribution in [1.82, 2.24) is 14.5 Å². The second-order valence-corrected chi connectivity index (χ2v) is 8.89. The van der Waals surface area contributed by atoms with Crippen LogP contribution in [0.15, 0.2) is 54.9 Å². The molecule has 1 aromatic carbocycles. The Morgan fingerprint density at radius 1 is 1.16 bits per heavy atom. The summed E-state index contributed by atoms with van der Waals surface area (Å²) in [5.41, 5.74) is 2.73. The smallest absolute Gasteiger partial charge is 0.233 e. The summed E-state index contributed by atoms with van der Waals surface area (Å²) in [7, 11) is 0. The molecule has 1 amide bonds. The number of halogens is 1. The van der Waals surface area contributed by atoms with Crippen LogP contribution < -0.4 is 0 Å². The Morgan fingerprint density at radius 2 is 1.97 bits per heavy atom. The summed E-state index contributed by atoms with van der Waals surface area (Å²) >= 11 is 0. The Morgan fingerprint density at radius 3 is 2.77 bits per heavy atom. The zero-order valence-corrected chi connectivity index (χ0v) is 17.7. The molecule has 1 aliphatic carbocycles. The maximum Gasteiger partial charge on any atom is 0.233 e. The molecule has 3 heterocycles. The topological polar surface area (TPSA) is 46.8 Å². The fraction of sp³-hybridized carbons (Fsp3) is 0.440. The molecule has 1 unspecified atom stereocenters. The van der Waals surface area contributed by atoms with Crippen LogP contribution in [0.1, 0.15) is 36.8 Å². The molecule has 162 valence electrons. The highest BCUT2D eigenvalue weighted by atomic mass is 19.1. The molecule has 3 aromatic rings. The maximum atomic E-state index is 13.9. The van der Waals surface area contributed by atoms with E-state index in [1.54, 1.807) is 12.1 Å². The molecule has 1 saturated heterocycles. The van der Waals surface area contributed by atoms with Gasteiger partial charge in [0.15, 0.2) is 0 Å². The lowest BCUT2D eigenvalue weighted by atomic mass is 9.77. The number of amides is 1. The number of pyridine rings is 1. The lowest BCUT2D eigenvalue weighted by Crippen LogP contribution is -2.47. The monoisotopic (exact) mass is 421 g/mol. The summed E-state index contributed by atoms with van der Waals surface area (Å²) in [6.45, 7) is 2.48. The van der Waals surface area contributed by atoms with Gasteiger partial charge >= 0.3 is 0 Å². The van der Waals surface area contributed by atoms with Crippen molar-refractivity contribution in [3.8, 4) is 0 Å². The van der Waals surface area contributed by atoms with E-state index in [-0.39, 0.29) is 17.6 Å². The minimum atomic E-state index is -0.534.